The third-order valence-corrected chi connectivity index (χ3v) is 5.07. The second-order valence-corrected chi connectivity index (χ2v) is 7.16. The fourth-order valence-electron chi connectivity index (χ4n) is 3.48. The zero-order valence-electron chi connectivity index (χ0n) is 16.5. The van der Waals surface area contributed by atoms with Gasteiger partial charge in [-0.2, -0.15) is 0 Å². The molecule has 2 aromatic heterocycles. The summed E-state index contributed by atoms with van der Waals surface area (Å²) >= 11 is 0. The largest absolute Gasteiger partial charge is 0.338 e. The predicted molar refractivity (Wildman–Crippen MR) is 117 cm³/mol. The average molecular weight is 409 g/mol. The van der Waals surface area contributed by atoms with E-state index >= 15 is 0 Å². The Kier molecular flexibility index (Phi) is 4.94. The predicted octanol–water partition coefficient (Wildman–Crippen LogP) is 3.64. The van der Waals surface area contributed by atoms with E-state index in [4.69, 9.17) is 0 Å². The van der Waals surface area contributed by atoms with Gasteiger partial charge in [0.05, 0.1) is 11.0 Å². The molecule has 0 fully saturated rings. The number of amides is 1. The number of para-hydroxylation sites is 2. The quantitative estimate of drug-likeness (QED) is 0.446. The van der Waals surface area contributed by atoms with Crippen molar-refractivity contribution in [2.24, 2.45) is 0 Å². The maximum atomic E-state index is 13.0. The number of nitrogens with one attached hydrogen (secondary N) is 2. The van der Waals surface area contributed by atoms with Crippen molar-refractivity contribution in [1.82, 2.24) is 30.2 Å². The maximum absolute atomic E-state index is 13.0. The lowest BCUT2D eigenvalue weighted by Crippen LogP contribution is -2.28. The summed E-state index contributed by atoms with van der Waals surface area (Å²) in [6.07, 6.45) is 1.94. The van der Waals surface area contributed by atoms with Crippen LogP contribution < -0.4 is 5.32 Å². The average Bonchev–Trinajstić information content (AvgIpc) is 3.49. The van der Waals surface area contributed by atoms with Gasteiger partial charge in [0.2, 0.25) is 5.91 Å². The van der Waals surface area contributed by atoms with E-state index in [0.29, 0.717) is 12.1 Å². The van der Waals surface area contributed by atoms with Gasteiger partial charge < -0.3 is 10.3 Å². The minimum Gasteiger partial charge on any atom is -0.338 e. The summed E-state index contributed by atoms with van der Waals surface area (Å²) in [7, 11) is 0. The smallest absolute Gasteiger partial charge is 0.249 e. The van der Waals surface area contributed by atoms with Crippen molar-refractivity contribution >= 4 is 22.6 Å². The second-order valence-electron chi connectivity index (χ2n) is 7.16. The van der Waals surface area contributed by atoms with Gasteiger partial charge in [-0.3, -0.25) is 4.79 Å². The molecule has 0 saturated heterocycles. The van der Waals surface area contributed by atoms with Crippen LogP contribution in [0.25, 0.3) is 22.4 Å². The molecule has 0 aliphatic heterocycles. The first-order valence-corrected chi connectivity index (χ1v) is 9.89. The van der Waals surface area contributed by atoms with E-state index in [-0.39, 0.29) is 5.91 Å². The van der Waals surface area contributed by atoms with E-state index in [1.807, 2.05) is 78.9 Å². The third-order valence-electron chi connectivity index (χ3n) is 5.07. The molecule has 8 nitrogen and oxygen atoms in total. The number of tetrazole rings is 1. The van der Waals surface area contributed by atoms with E-state index in [2.05, 4.69) is 30.8 Å². The molecule has 0 spiro atoms. The zero-order valence-corrected chi connectivity index (χ0v) is 16.5. The topological polar surface area (TPSA) is 101 Å². The summed E-state index contributed by atoms with van der Waals surface area (Å²) in [4.78, 5) is 21.0. The van der Waals surface area contributed by atoms with Crippen LogP contribution in [0.5, 0.6) is 0 Å². The molecule has 2 heterocycles. The molecule has 0 unspecified atom stereocenters. The first kappa shape index (κ1) is 18.7. The number of rotatable bonds is 6. The Bertz CT molecular complexity index is 1260. The molecule has 2 N–H and O–H groups in total. The standard InChI is InChI=1S/C23H19N7O/c31-23(21(30-15-24-28-29-30)14-16-6-2-1-3-7-16)25-18-12-10-17(11-13-18)22-26-19-8-4-5-9-20(19)27-22/h1-13,15,21H,14H2,(H,25,31)(H,26,27)/t21-/m1/s1. The van der Waals surface area contributed by atoms with Crippen molar-refractivity contribution in [1.29, 1.82) is 0 Å². The Labute approximate surface area is 178 Å². The molecule has 0 bridgehead atoms. The number of anilines is 1. The summed E-state index contributed by atoms with van der Waals surface area (Å²) in [5.74, 6) is 0.599. The van der Waals surface area contributed by atoms with Crippen molar-refractivity contribution in [2.75, 3.05) is 5.32 Å². The number of benzene rings is 3. The fraction of sp³-hybridized carbons (Fsp3) is 0.0870. The lowest BCUT2D eigenvalue weighted by molar-refractivity contribution is -0.119. The second kappa shape index (κ2) is 8.19. The molecular formula is C23H19N7O. The van der Waals surface area contributed by atoms with Crippen LogP contribution in [-0.2, 0) is 11.2 Å². The molecule has 8 heteroatoms. The Morgan fingerprint density at radius 3 is 2.48 bits per heavy atom. The highest BCUT2D eigenvalue weighted by molar-refractivity contribution is 5.94. The summed E-state index contributed by atoms with van der Waals surface area (Å²) in [5, 5.41) is 14.3. The molecule has 3 aromatic carbocycles. The number of fused-ring (bicyclic) bond motifs is 1. The first-order chi connectivity index (χ1) is 15.3. The SMILES string of the molecule is O=C(Nc1ccc(-c2nc3ccccc3[nH]2)cc1)[C@@H](Cc1ccccc1)n1cnnn1. The summed E-state index contributed by atoms with van der Waals surface area (Å²) < 4.78 is 1.48. The highest BCUT2D eigenvalue weighted by Crippen LogP contribution is 2.23. The van der Waals surface area contributed by atoms with Gasteiger partial charge in [-0.05, 0) is 52.4 Å². The van der Waals surface area contributed by atoms with E-state index in [9.17, 15) is 4.79 Å². The van der Waals surface area contributed by atoms with Gasteiger partial charge in [-0.15, -0.1) is 5.10 Å². The normalized spacial score (nSPS) is 12.0. The Morgan fingerprint density at radius 1 is 0.968 bits per heavy atom. The minimum absolute atomic E-state index is 0.187. The first-order valence-electron chi connectivity index (χ1n) is 9.89. The van der Waals surface area contributed by atoms with Gasteiger partial charge in [-0.1, -0.05) is 42.5 Å². The van der Waals surface area contributed by atoms with E-state index < -0.39 is 6.04 Å². The fourth-order valence-corrected chi connectivity index (χ4v) is 3.48. The van der Waals surface area contributed by atoms with Crippen LogP contribution in [0.2, 0.25) is 0 Å². The van der Waals surface area contributed by atoms with Crippen molar-refractivity contribution in [2.45, 2.75) is 12.5 Å². The van der Waals surface area contributed by atoms with Crippen molar-refractivity contribution in [3.05, 3.63) is 90.8 Å². The number of nitrogens with zero attached hydrogens (tertiary/aromatic N) is 5. The number of aromatic nitrogens is 6. The number of carbonyl (C=O) groups excluding carboxylic acids is 1. The van der Waals surface area contributed by atoms with Crippen LogP contribution in [-0.4, -0.2) is 36.1 Å². The van der Waals surface area contributed by atoms with Crippen molar-refractivity contribution in [3.8, 4) is 11.4 Å². The number of hydrogen-bond donors (Lipinski definition) is 2. The van der Waals surface area contributed by atoms with Crippen LogP contribution in [0.4, 0.5) is 5.69 Å². The maximum Gasteiger partial charge on any atom is 0.249 e. The molecule has 0 aliphatic rings. The van der Waals surface area contributed by atoms with Crippen LogP contribution in [0.3, 0.4) is 0 Å². The highest BCUT2D eigenvalue weighted by Gasteiger charge is 2.22. The van der Waals surface area contributed by atoms with Gasteiger partial charge in [0.25, 0.3) is 0 Å². The van der Waals surface area contributed by atoms with Crippen LogP contribution in [0.15, 0.2) is 85.2 Å². The van der Waals surface area contributed by atoms with Crippen molar-refractivity contribution < 1.29 is 4.79 Å². The number of carbonyl (C=O) groups is 1. The van der Waals surface area contributed by atoms with E-state index in [1.165, 1.54) is 11.0 Å². The summed E-state index contributed by atoms with van der Waals surface area (Å²) in [6, 6.07) is 24.7. The van der Waals surface area contributed by atoms with Crippen LogP contribution >= 0.6 is 0 Å². The molecule has 1 amide bonds. The number of hydrogen-bond acceptors (Lipinski definition) is 5. The Balaban J connectivity index is 1.34. The molecule has 31 heavy (non-hydrogen) atoms. The Hall–Kier alpha value is -4.33. The lowest BCUT2D eigenvalue weighted by atomic mass is 10.1. The molecule has 1 atom stereocenters. The minimum atomic E-state index is -0.563. The van der Waals surface area contributed by atoms with Gasteiger partial charge in [0.1, 0.15) is 18.2 Å². The molecule has 0 saturated carbocycles. The molecule has 0 radical (unpaired) electrons. The number of aromatic amines is 1. The molecule has 152 valence electrons. The molecular weight excluding hydrogens is 390 g/mol. The monoisotopic (exact) mass is 409 g/mol. The zero-order chi connectivity index (χ0) is 21.0. The lowest BCUT2D eigenvalue weighted by Gasteiger charge is -2.16. The number of H-pyrrole nitrogens is 1. The summed E-state index contributed by atoms with van der Waals surface area (Å²) in [5.41, 5.74) is 4.56. The van der Waals surface area contributed by atoms with Gasteiger partial charge in [0.15, 0.2) is 0 Å². The molecule has 5 rings (SSSR count). The molecule has 0 aliphatic carbocycles. The number of imidazole rings is 1. The van der Waals surface area contributed by atoms with E-state index in [1.54, 1.807) is 0 Å². The van der Waals surface area contributed by atoms with Gasteiger partial charge in [0, 0.05) is 17.7 Å². The Morgan fingerprint density at radius 2 is 1.74 bits per heavy atom. The summed E-state index contributed by atoms with van der Waals surface area (Å²) in [6.45, 7) is 0. The van der Waals surface area contributed by atoms with Gasteiger partial charge >= 0.3 is 0 Å². The third kappa shape index (κ3) is 4.04. The van der Waals surface area contributed by atoms with Crippen LogP contribution in [0, 0.1) is 0 Å². The van der Waals surface area contributed by atoms with Crippen molar-refractivity contribution in [3.63, 3.8) is 0 Å². The highest BCUT2D eigenvalue weighted by atomic mass is 16.2. The van der Waals surface area contributed by atoms with E-state index in [0.717, 1.165) is 28.0 Å². The van der Waals surface area contributed by atoms with Gasteiger partial charge in [-0.25, -0.2) is 9.67 Å². The van der Waals surface area contributed by atoms with Crippen LogP contribution in [0.1, 0.15) is 11.6 Å². The molecule has 5 aromatic rings.